The largest absolute Gasteiger partial charge is 0.387 e. The average molecular weight is 157 g/mol. The number of nitrogens with one attached hydrogen (secondary N) is 1. The quantitative estimate of drug-likeness (QED) is 0.618. The maximum Gasteiger partial charge on any atom is 0.245 e. The van der Waals surface area contributed by atoms with Crippen LogP contribution in [0, 0.1) is 5.92 Å². The lowest BCUT2D eigenvalue weighted by molar-refractivity contribution is -0.123. The predicted molar refractivity (Wildman–Crippen MR) is 42.1 cm³/mol. The molecular weight excluding hydrogens is 142 g/mol. The summed E-state index contributed by atoms with van der Waals surface area (Å²) in [7, 11) is 0. The summed E-state index contributed by atoms with van der Waals surface area (Å²) in [6.45, 7) is 0.367. The summed E-state index contributed by atoms with van der Waals surface area (Å²) in [4.78, 5) is 10.6. The molecule has 11 heavy (non-hydrogen) atoms. The molecule has 0 heterocycles. The van der Waals surface area contributed by atoms with Crippen molar-refractivity contribution < 1.29 is 9.90 Å². The van der Waals surface area contributed by atoms with Gasteiger partial charge in [-0.05, 0) is 18.8 Å². The molecule has 1 aliphatic rings. The second kappa shape index (κ2) is 4.34. The second-order valence-corrected chi connectivity index (χ2v) is 3.11. The predicted octanol–water partition coefficient (Wildman–Crippen LogP) is 0.285. The van der Waals surface area contributed by atoms with Crippen molar-refractivity contribution in [3.8, 4) is 0 Å². The highest BCUT2D eigenvalue weighted by Crippen LogP contribution is 2.23. The number of amides is 1. The molecule has 1 fully saturated rings. The van der Waals surface area contributed by atoms with E-state index in [0.717, 1.165) is 6.54 Å². The van der Waals surface area contributed by atoms with E-state index in [1.807, 2.05) is 0 Å². The third-order valence-electron chi connectivity index (χ3n) is 2.21. The van der Waals surface area contributed by atoms with E-state index in [2.05, 4.69) is 5.32 Å². The number of carbonyl (C=O) groups excluding carboxylic acids is 1. The molecule has 0 aliphatic heterocycles. The van der Waals surface area contributed by atoms with Gasteiger partial charge in [0.1, 0.15) is 6.61 Å². The Morgan fingerprint density at radius 1 is 1.45 bits per heavy atom. The van der Waals surface area contributed by atoms with Crippen LogP contribution in [0.1, 0.15) is 25.7 Å². The Hall–Kier alpha value is -0.570. The molecule has 0 aromatic carbocycles. The van der Waals surface area contributed by atoms with E-state index in [1.54, 1.807) is 0 Å². The van der Waals surface area contributed by atoms with E-state index in [0.29, 0.717) is 5.92 Å². The van der Waals surface area contributed by atoms with Crippen molar-refractivity contribution in [1.29, 1.82) is 0 Å². The van der Waals surface area contributed by atoms with Crippen LogP contribution in [-0.2, 0) is 4.79 Å². The van der Waals surface area contributed by atoms with Gasteiger partial charge in [-0.3, -0.25) is 4.79 Å². The molecule has 2 N–H and O–H groups in total. The zero-order valence-electron chi connectivity index (χ0n) is 6.68. The molecule has 1 saturated carbocycles. The monoisotopic (exact) mass is 157 g/mol. The molecular formula is C8H15NO2. The second-order valence-electron chi connectivity index (χ2n) is 3.11. The summed E-state index contributed by atoms with van der Waals surface area (Å²) in [6.07, 6.45) is 5.04. The number of hydrogen-bond acceptors (Lipinski definition) is 2. The number of rotatable bonds is 3. The van der Waals surface area contributed by atoms with Crippen molar-refractivity contribution in [3.63, 3.8) is 0 Å². The zero-order valence-corrected chi connectivity index (χ0v) is 6.68. The molecule has 1 rings (SSSR count). The van der Waals surface area contributed by atoms with Crippen molar-refractivity contribution in [2.75, 3.05) is 13.2 Å². The van der Waals surface area contributed by atoms with Crippen LogP contribution in [0.15, 0.2) is 0 Å². The van der Waals surface area contributed by atoms with Gasteiger partial charge in [0.2, 0.25) is 5.91 Å². The fourth-order valence-electron chi connectivity index (χ4n) is 1.53. The van der Waals surface area contributed by atoms with Gasteiger partial charge in [0.25, 0.3) is 0 Å². The smallest absolute Gasteiger partial charge is 0.245 e. The van der Waals surface area contributed by atoms with E-state index >= 15 is 0 Å². The molecule has 1 amide bonds. The van der Waals surface area contributed by atoms with Crippen LogP contribution in [0.3, 0.4) is 0 Å². The molecule has 0 aromatic rings. The Labute approximate surface area is 66.8 Å². The first-order valence-electron chi connectivity index (χ1n) is 4.20. The molecule has 64 valence electrons. The van der Waals surface area contributed by atoms with Gasteiger partial charge < -0.3 is 10.4 Å². The van der Waals surface area contributed by atoms with E-state index < -0.39 is 0 Å². The number of carbonyl (C=O) groups is 1. The van der Waals surface area contributed by atoms with Gasteiger partial charge in [-0.1, -0.05) is 12.8 Å². The maximum absolute atomic E-state index is 10.6. The van der Waals surface area contributed by atoms with Crippen LogP contribution in [0.5, 0.6) is 0 Å². The fraction of sp³-hybridized carbons (Fsp3) is 0.875. The van der Waals surface area contributed by atoms with Gasteiger partial charge in [0, 0.05) is 6.54 Å². The summed E-state index contributed by atoms with van der Waals surface area (Å²) in [5, 5.41) is 11.1. The molecule has 0 spiro atoms. The van der Waals surface area contributed by atoms with Crippen molar-refractivity contribution >= 4 is 5.91 Å². The highest BCUT2D eigenvalue weighted by Gasteiger charge is 2.14. The minimum absolute atomic E-state index is 0.253. The Bertz CT molecular complexity index is 130. The van der Waals surface area contributed by atoms with E-state index in [1.165, 1.54) is 25.7 Å². The maximum atomic E-state index is 10.6. The van der Waals surface area contributed by atoms with Gasteiger partial charge in [0.15, 0.2) is 0 Å². The van der Waals surface area contributed by atoms with E-state index in [-0.39, 0.29) is 12.5 Å². The molecule has 0 aromatic heterocycles. The van der Waals surface area contributed by atoms with Crippen LogP contribution in [0.2, 0.25) is 0 Å². The topological polar surface area (TPSA) is 49.3 Å². The third kappa shape index (κ3) is 2.89. The van der Waals surface area contributed by atoms with E-state index in [9.17, 15) is 4.79 Å². The Kier molecular flexibility index (Phi) is 3.36. The number of aliphatic hydroxyl groups is 1. The average Bonchev–Trinajstić information content (AvgIpc) is 2.52. The highest BCUT2D eigenvalue weighted by atomic mass is 16.3. The molecule has 1 aliphatic carbocycles. The van der Waals surface area contributed by atoms with Crippen molar-refractivity contribution in [2.24, 2.45) is 5.92 Å². The lowest BCUT2D eigenvalue weighted by Crippen LogP contribution is -2.30. The molecule has 0 radical (unpaired) electrons. The first-order chi connectivity index (χ1) is 5.33. The van der Waals surface area contributed by atoms with Crippen LogP contribution in [0.4, 0.5) is 0 Å². The third-order valence-corrected chi connectivity index (χ3v) is 2.21. The SMILES string of the molecule is O=C(CO)NCC1CCCC1. The lowest BCUT2D eigenvalue weighted by Gasteiger charge is -2.08. The lowest BCUT2D eigenvalue weighted by atomic mass is 10.1. The van der Waals surface area contributed by atoms with Gasteiger partial charge in [-0.15, -0.1) is 0 Å². The minimum atomic E-state index is -0.382. The number of aliphatic hydroxyl groups excluding tert-OH is 1. The first kappa shape index (κ1) is 8.53. The summed E-state index contributed by atoms with van der Waals surface area (Å²) in [5.74, 6) is 0.405. The van der Waals surface area contributed by atoms with Gasteiger partial charge in [-0.2, -0.15) is 0 Å². The molecule has 0 bridgehead atoms. The number of hydrogen-bond donors (Lipinski definition) is 2. The van der Waals surface area contributed by atoms with Crippen molar-refractivity contribution in [1.82, 2.24) is 5.32 Å². The van der Waals surface area contributed by atoms with Crippen molar-refractivity contribution in [2.45, 2.75) is 25.7 Å². The van der Waals surface area contributed by atoms with Crippen LogP contribution in [0.25, 0.3) is 0 Å². The van der Waals surface area contributed by atoms with Gasteiger partial charge in [-0.25, -0.2) is 0 Å². The Morgan fingerprint density at radius 2 is 2.09 bits per heavy atom. The van der Waals surface area contributed by atoms with E-state index in [4.69, 9.17) is 5.11 Å². The van der Waals surface area contributed by atoms with Crippen molar-refractivity contribution in [3.05, 3.63) is 0 Å². The fourth-order valence-corrected chi connectivity index (χ4v) is 1.53. The summed E-state index contributed by atoms with van der Waals surface area (Å²) in [6, 6.07) is 0. The summed E-state index contributed by atoms with van der Waals surface area (Å²) in [5.41, 5.74) is 0. The van der Waals surface area contributed by atoms with Crippen LogP contribution in [-0.4, -0.2) is 24.2 Å². The Balaban J connectivity index is 2.06. The molecule has 0 atom stereocenters. The minimum Gasteiger partial charge on any atom is -0.387 e. The van der Waals surface area contributed by atoms with Crippen LogP contribution >= 0.6 is 0 Å². The molecule has 3 nitrogen and oxygen atoms in total. The summed E-state index contributed by atoms with van der Waals surface area (Å²) >= 11 is 0. The van der Waals surface area contributed by atoms with Gasteiger partial charge >= 0.3 is 0 Å². The van der Waals surface area contributed by atoms with Gasteiger partial charge in [0.05, 0.1) is 0 Å². The molecule has 3 heteroatoms. The zero-order chi connectivity index (χ0) is 8.10. The molecule has 0 saturated heterocycles. The normalized spacial score (nSPS) is 18.6. The standard InChI is InChI=1S/C8H15NO2/c10-6-8(11)9-5-7-3-1-2-4-7/h7,10H,1-6H2,(H,9,11). The Morgan fingerprint density at radius 3 is 2.64 bits per heavy atom. The highest BCUT2D eigenvalue weighted by molar-refractivity contribution is 5.76. The van der Waals surface area contributed by atoms with Crippen LogP contribution < -0.4 is 5.32 Å². The summed E-state index contributed by atoms with van der Waals surface area (Å²) < 4.78 is 0. The first-order valence-corrected chi connectivity index (χ1v) is 4.20. The molecule has 0 unspecified atom stereocenters.